The van der Waals surface area contributed by atoms with Crippen LogP contribution in [0.25, 0.3) is 0 Å². The topological polar surface area (TPSA) is 56.0 Å². The van der Waals surface area contributed by atoms with E-state index in [1.54, 1.807) is 6.92 Å². The van der Waals surface area contributed by atoms with Crippen LogP contribution in [0.4, 0.5) is 0 Å². The lowest BCUT2D eigenvalue weighted by Gasteiger charge is -2.04. The molecule has 1 atom stereocenters. The first-order valence-corrected chi connectivity index (χ1v) is 4.91. The average Bonchev–Trinajstić information content (AvgIpc) is 2.52. The molecular formula is C9H12N2OS. The smallest absolute Gasteiger partial charge is 0.110 e. The Morgan fingerprint density at radius 1 is 1.69 bits per heavy atom. The van der Waals surface area contributed by atoms with Gasteiger partial charge in [0.25, 0.3) is 0 Å². The molecule has 0 aliphatic carbocycles. The molecule has 0 bridgehead atoms. The first-order chi connectivity index (χ1) is 6.22. The van der Waals surface area contributed by atoms with Crippen LogP contribution in [-0.2, 0) is 6.54 Å². The monoisotopic (exact) mass is 196 g/mol. The van der Waals surface area contributed by atoms with Gasteiger partial charge < -0.3 is 10.4 Å². The van der Waals surface area contributed by atoms with Crippen molar-refractivity contribution in [2.75, 3.05) is 6.54 Å². The Hall–Kier alpha value is -0.890. The molecule has 13 heavy (non-hydrogen) atoms. The van der Waals surface area contributed by atoms with Crippen LogP contribution in [-0.4, -0.2) is 17.8 Å². The van der Waals surface area contributed by atoms with E-state index in [9.17, 15) is 0 Å². The van der Waals surface area contributed by atoms with Crippen molar-refractivity contribution >= 4 is 11.3 Å². The first-order valence-electron chi connectivity index (χ1n) is 4.10. The van der Waals surface area contributed by atoms with Crippen molar-refractivity contribution in [2.24, 2.45) is 0 Å². The summed E-state index contributed by atoms with van der Waals surface area (Å²) in [5.41, 5.74) is 0. The van der Waals surface area contributed by atoms with Crippen LogP contribution in [0.2, 0.25) is 0 Å². The van der Waals surface area contributed by atoms with Gasteiger partial charge in [0.15, 0.2) is 0 Å². The largest absolute Gasteiger partial charge is 0.392 e. The number of aliphatic hydroxyl groups excluding tert-OH is 1. The van der Waals surface area contributed by atoms with Gasteiger partial charge in [0.2, 0.25) is 0 Å². The van der Waals surface area contributed by atoms with Crippen LogP contribution in [0.15, 0.2) is 12.1 Å². The third kappa shape index (κ3) is 3.55. The van der Waals surface area contributed by atoms with Gasteiger partial charge in [-0.2, -0.15) is 5.26 Å². The molecule has 0 fully saturated rings. The highest BCUT2D eigenvalue weighted by Gasteiger charge is 1.99. The number of aliphatic hydroxyl groups is 1. The van der Waals surface area contributed by atoms with E-state index in [0.717, 1.165) is 16.3 Å². The van der Waals surface area contributed by atoms with Crippen molar-refractivity contribution in [3.05, 3.63) is 21.9 Å². The summed E-state index contributed by atoms with van der Waals surface area (Å²) in [6, 6.07) is 5.83. The summed E-state index contributed by atoms with van der Waals surface area (Å²) in [5, 5.41) is 20.6. The van der Waals surface area contributed by atoms with Gasteiger partial charge in [-0.3, -0.25) is 0 Å². The fourth-order valence-electron chi connectivity index (χ4n) is 0.937. The Balaban J connectivity index is 2.34. The predicted molar refractivity (Wildman–Crippen MR) is 52.4 cm³/mol. The number of nitriles is 1. The summed E-state index contributed by atoms with van der Waals surface area (Å²) >= 11 is 1.48. The van der Waals surface area contributed by atoms with Gasteiger partial charge in [0.05, 0.1) is 6.10 Å². The predicted octanol–water partition coefficient (Wildman–Crippen LogP) is 1.09. The maximum atomic E-state index is 8.97. The third-order valence-corrected chi connectivity index (χ3v) is 2.50. The molecule has 1 aromatic heterocycles. The number of hydrogen-bond donors (Lipinski definition) is 2. The molecule has 4 heteroatoms. The Kier molecular flexibility index (Phi) is 3.90. The van der Waals surface area contributed by atoms with E-state index in [4.69, 9.17) is 10.4 Å². The second-order valence-corrected chi connectivity index (χ2v) is 4.03. The number of thiophene rings is 1. The second-order valence-electron chi connectivity index (χ2n) is 2.86. The Labute approximate surface area is 81.6 Å². The molecule has 0 radical (unpaired) electrons. The molecular weight excluding hydrogens is 184 g/mol. The summed E-state index contributed by atoms with van der Waals surface area (Å²) in [6.07, 6.45) is -0.324. The van der Waals surface area contributed by atoms with E-state index < -0.39 is 0 Å². The number of nitrogens with zero attached hydrogens (tertiary/aromatic N) is 1. The van der Waals surface area contributed by atoms with Crippen LogP contribution in [0.1, 0.15) is 16.7 Å². The van der Waals surface area contributed by atoms with Crippen LogP contribution in [0, 0.1) is 11.3 Å². The molecule has 1 rings (SSSR count). The first kappa shape index (κ1) is 10.2. The molecule has 0 saturated carbocycles. The van der Waals surface area contributed by atoms with Crippen LogP contribution < -0.4 is 5.32 Å². The highest BCUT2D eigenvalue weighted by atomic mass is 32.1. The van der Waals surface area contributed by atoms with E-state index in [0.29, 0.717) is 6.54 Å². The van der Waals surface area contributed by atoms with Crippen LogP contribution in [0.5, 0.6) is 0 Å². The zero-order valence-electron chi connectivity index (χ0n) is 7.45. The van der Waals surface area contributed by atoms with E-state index >= 15 is 0 Å². The summed E-state index contributed by atoms with van der Waals surface area (Å²) in [4.78, 5) is 1.85. The zero-order chi connectivity index (χ0) is 9.68. The molecule has 0 unspecified atom stereocenters. The van der Waals surface area contributed by atoms with Crippen molar-refractivity contribution in [1.29, 1.82) is 5.26 Å². The average molecular weight is 196 g/mol. The number of hydrogen-bond acceptors (Lipinski definition) is 4. The molecule has 1 aromatic rings. The van der Waals surface area contributed by atoms with Gasteiger partial charge in [0, 0.05) is 18.0 Å². The SMILES string of the molecule is C[C@H](O)CNCc1ccc(C#N)s1. The maximum absolute atomic E-state index is 8.97. The van der Waals surface area contributed by atoms with Crippen LogP contribution in [0.3, 0.4) is 0 Å². The van der Waals surface area contributed by atoms with Gasteiger partial charge in [-0.1, -0.05) is 0 Å². The Morgan fingerprint density at radius 3 is 3.00 bits per heavy atom. The van der Waals surface area contributed by atoms with E-state index in [1.807, 2.05) is 12.1 Å². The quantitative estimate of drug-likeness (QED) is 0.758. The van der Waals surface area contributed by atoms with E-state index in [1.165, 1.54) is 11.3 Å². The van der Waals surface area contributed by atoms with Gasteiger partial charge in [-0.15, -0.1) is 11.3 Å². The van der Waals surface area contributed by atoms with Gasteiger partial charge in [-0.05, 0) is 19.1 Å². The van der Waals surface area contributed by atoms with E-state index in [2.05, 4.69) is 11.4 Å². The second kappa shape index (κ2) is 4.97. The fourth-order valence-corrected chi connectivity index (χ4v) is 1.71. The molecule has 0 aliphatic rings. The Morgan fingerprint density at radius 2 is 2.46 bits per heavy atom. The third-order valence-electron chi connectivity index (χ3n) is 1.51. The molecule has 3 nitrogen and oxygen atoms in total. The van der Waals surface area contributed by atoms with Crippen molar-refractivity contribution in [3.8, 4) is 6.07 Å². The summed E-state index contributed by atoms with van der Waals surface area (Å²) in [7, 11) is 0. The van der Waals surface area contributed by atoms with Crippen molar-refractivity contribution in [2.45, 2.75) is 19.6 Å². The summed E-state index contributed by atoms with van der Waals surface area (Å²) < 4.78 is 0. The van der Waals surface area contributed by atoms with Crippen molar-refractivity contribution in [3.63, 3.8) is 0 Å². The number of rotatable bonds is 4. The molecule has 2 N–H and O–H groups in total. The number of nitrogens with one attached hydrogen (secondary N) is 1. The molecule has 70 valence electrons. The lowest BCUT2D eigenvalue weighted by Crippen LogP contribution is -2.23. The highest BCUT2D eigenvalue weighted by Crippen LogP contribution is 2.14. The maximum Gasteiger partial charge on any atom is 0.110 e. The Bertz CT molecular complexity index is 301. The lowest BCUT2D eigenvalue weighted by molar-refractivity contribution is 0.191. The molecule has 0 amide bonds. The van der Waals surface area contributed by atoms with Gasteiger partial charge in [-0.25, -0.2) is 0 Å². The normalized spacial score (nSPS) is 12.4. The van der Waals surface area contributed by atoms with E-state index in [-0.39, 0.29) is 6.10 Å². The molecule has 0 aromatic carbocycles. The minimum atomic E-state index is -0.324. The van der Waals surface area contributed by atoms with Crippen molar-refractivity contribution in [1.82, 2.24) is 5.32 Å². The highest BCUT2D eigenvalue weighted by molar-refractivity contribution is 7.12. The van der Waals surface area contributed by atoms with Crippen LogP contribution >= 0.6 is 11.3 Å². The minimum Gasteiger partial charge on any atom is -0.392 e. The standard InChI is InChI=1S/C9H12N2OS/c1-7(12)5-11-6-9-3-2-8(4-10)13-9/h2-3,7,11-12H,5-6H2,1H3/t7-/m0/s1. The minimum absolute atomic E-state index is 0.324. The van der Waals surface area contributed by atoms with Gasteiger partial charge >= 0.3 is 0 Å². The molecule has 0 saturated heterocycles. The molecule has 0 aliphatic heterocycles. The summed E-state index contributed by atoms with van der Waals surface area (Å²) in [6.45, 7) is 3.04. The summed E-state index contributed by atoms with van der Waals surface area (Å²) in [5.74, 6) is 0. The van der Waals surface area contributed by atoms with Gasteiger partial charge in [0.1, 0.15) is 10.9 Å². The van der Waals surface area contributed by atoms with Crippen molar-refractivity contribution < 1.29 is 5.11 Å². The zero-order valence-corrected chi connectivity index (χ0v) is 8.27. The lowest BCUT2D eigenvalue weighted by atomic mass is 10.4. The molecule has 0 spiro atoms. The molecule has 1 heterocycles. The fraction of sp³-hybridized carbons (Fsp3) is 0.444.